The fraction of sp³-hybridized carbons (Fsp3) is 0.500. The van der Waals surface area contributed by atoms with Gasteiger partial charge in [0.2, 0.25) is 0 Å². The summed E-state index contributed by atoms with van der Waals surface area (Å²) in [6.07, 6.45) is 5.87. The van der Waals surface area contributed by atoms with Gasteiger partial charge in [0.25, 0.3) is 0 Å². The van der Waals surface area contributed by atoms with E-state index in [0.29, 0.717) is 11.1 Å². The van der Waals surface area contributed by atoms with Crippen LogP contribution in [0, 0.1) is 6.92 Å². The first-order valence-corrected chi connectivity index (χ1v) is 6.86. The number of amides is 2. The number of urea groups is 1. The fourth-order valence-corrected chi connectivity index (χ4v) is 2.70. The topological polar surface area (TPSA) is 41.1 Å². The maximum Gasteiger partial charge on any atom is 0.319 e. The molecule has 0 spiro atoms. The summed E-state index contributed by atoms with van der Waals surface area (Å²) in [4.78, 5) is 11.8. The Kier molecular flexibility index (Phi) is 4.48. The van der Waals surface area contributed by atoms with E-state index >= 15 is 0 Å². The first-order valence-electron chi connectivity index (χ1n) is 6.48. The summed E-state index contributed by atoms with van der Waals surface area (Å²) in [7, 11) is 0. The lowest BCUT2D eigenvalue weighted by molar-refractivity contribution is 0.244. The minimum atomic E-state index is -0.136. The highest BCUT2D eigenvalue weighted by atomic mass is 35.5. The number of rotatable bonds is 2. The number of anilines is 1. The Morgan fingerprint density at radius 1 is 1.22 bits per heavy atom. The summed E-state index contributed by atoms with van der Waals surface area (Å²) in [5.41, 5.74) is 1.78. The zero-order valence-corrected chi connectivity index (χ0v) is 11.4. The summed E-state index contributed by atoms with van der Waals surface area (Å²) in [6.45, 7) is 1.95. The molecule has 1 aliphatic rings. The number of aryl methyl sites for hydroxylation is 1. The predicted octanol–water partition coefficient (Wildman–Crippen LogP) is 4.10. The molecular weight excluding hydrogens is 248 g/mol. The van der Waals surface area contributed by atoms with Gasteiger partial charge in [0.05, 0.1) is 0 Å². The lowest BCUT2D eigenvalue weighted by Gasteiger charge is -2.22. The zero-order chi connectivity index (χ0) is 13.0. The Bertz CT molecular complexity index is 408. The van der Waals surface area contributed by atoms with Gasteiger partial charge in [-0.1, -0.05) is 30.9 Å². The van der Waals surface area contributed by atoms with Crippen molar-refractivity contribution in [3.63, 3.8) is 0 Å². The van der Waals surface area contributed by atoms with Crippen molar-refractivity contribution >= 4 is 23.3 Å². The Morgan fingerprint density at radius 3 is 2.61 bits per heavy atom. The van der Waals surface area contributed by atoms with Crippen LogP contribution in [0.1, 0.15) is 37.7 Å². The lowest BCUT2D eigenvalue weighted by Crippen LogP contribution is -2.39. The van der Waals surface area contributed by atoms with E-state index in [-0.39, 0.29) is 6.03 Å². The number of hydrogen-bond donors (Lipinski definition) is 2. The first kappa shape index (κ1) is 13.2. The number of hydrogen-bond acceptors (Lipinski definition) is 1. The van der Waals surface area contributed by atoms with E-state index in [4.69, 9.17) is 11.6 Å². The zero-order valence-electron chi connectivity index (χ0n) is 10.6. The van der Waals surface area contributed by atoms with Crippen LogP contribution < -0.4 is 10.6 Å². The molecule has 3 nitrogen and oxygen atoms in total. The Morgan fingerprint density at radius 2 is 1.94 bits per heavy atom. The summed E-state index contributed by atoms with van der Waals surface area (Å²) in [6, 6.07) is 5.72. The largest absolute Gasteiger partial charge is 0.335 e. The second-order valence-electron chi connectivity index (χ2n) is 4.95. The van der Waals surface area contributed by atoms with Crippen molar-refractivity contribution in [2.24, 2.45) is 0 Å². The third kappa shape index (κ3) is 3.91. The SMILES string of the molecule is Cc1cc(Cl)cc(NC(=O)NC2CCCCC2)c1. The van der Waals surface area contributed by atoms with Crippen molar-refractivity contribution in [1.29, 1.82) is 0 Å². The van der Waals surface area contributed by atoms with E-state index in [1.54, 1.807) is 6.07 Å². The standard InChI is InChI=1S/C14H19ClN2O/c1-10-7-11(15)9-13(8-10)17-14(18)16-12-5-3-2-4-6-12/h7-9,12H,2-6H2,1H3,(H2,16,17,18). The van der Waals surface area contributed by atoms with Gasteiger partial charge in [-0.25, -0.2) is 4.79 Å². The molecule has 1 fully saturated rings. The van der Waals surface area contributed by atoms with Gasteiger partial charge in [0.1, 0.15) is 0 Å². The maximum atomic E-state index is 11.8. The Hall–Kier alpha value is -1.22. The molecule has 2 N–H and O–H groups in total. The average Bonchev–Trinajstić information content (AvgIpc) is 2.28. The molecule has 0 saturated heterocycles. The molecule has 0 heterocycles. The molecular formula is C14H19ClN2O. The predicted molar refractivity (Wildman–Crippen MR) is 75.2 cm³/mol. The van der Waals surface area contributed by atoms with Crippen molar-refractivity contribution in [3.8, 4) is 0 Å². The Balaban J connectivity index is 1.89. The summed E-state index contributed by atoms with van der Waals surface area (Å²) >= 11 is 5.95. The summed E-state index contributed by atoms with van der Waals surface area (Å²) in [5, 5.41) is 6.49. The molecule has 0 atom stereocenters. The number of carbonyl (C=O) groups excluding carboxylic acids is 1. The molecule has 18 heavy (non-hydrogen) atoms. The highest BCUT2D eigenvalue weighted by Crippen LogP contribution is 2.19. The van der Waals surface area contributed by atoms with Gasteiger partial charge in [-0.2, -0.15) is 0 Å². The lowest BCUT2D eigenvalue weighted by atomic mass is 9.96. The van der Waals surface area contributed by atoms with E-state index in [9.17, 15) is 4.79 Å². The van der Waals surface area contributed by atoms with Crippen LogP contribution in [-0.2, 0) is 0 Å². The van der Waals surface area contributed by atoms with Crippen LogP contribution in [0.5, 0.6) is 0 Å². The van der Waals surface area contributed by atoms with Crippen LogP contribution in [0.2, 0.25) is 5.02 Å². The van der Waals surface area contributed by atoms with Gasteiger partial charge in [0.15, 0.2) is 0 Å². The van der Waals surface area contributed by atoms with Crippen molar-refractivity contribution in [1.82, 2.24) is 5.32 Å². The minimum absolute atomic E-state index is 0.136. The molecule has 0 radical (unpaired) electrons. The van der Waals surface area contributed by atoms with Gasteiger partial charge < -0.3 is 10.6 Å². The molecule has 0 unspecified atom stereocenters. The van der Waals surface area contributed by atoms with Crippen molar-refractivity contribution < 1.29 is 4.79 Å². The van der Waals surface area contributed by atoms with Crippen LogP contribution >= 0.6 is 11.6 Å². The van der Waals surface area contributed by atoms with E-state index in [0.717, 1.165) is 24.1 Å². The molecule has 0 aliphatic heterocycles. The van der Waals surface area contributed by atoms with Crippen LogP contribution in [0.4, 0.5) is 10.5 Å². The number of benzene rings is 1. The summed E-state index contributed by atoms with van der Waals surface area (Å²) < 4.78 is 0. The molecule has 0 aromatic heterocycles. The smallest absolute Gasteiger partial charge is 0.319 e. The van der Waals surface area contributed by atoms with Crippen LogP contribution in [0.3, 0.4) is 0 Å². The molecule has 1 aliphatic carbocycles. The number of carbonyl (C=O) groups is 1. The van der Waals surface area contributed by atoms with Gasteiger partial charge >= 0.3 is 6.03 Å². The number of nitrogens with one attached hydrogen (secondary N) is 2. The van der Waals surface area contributed by atoms with Crippen molar-refractivity contribution in [2.75, 3.05) is 5.32 Å². The fourth-order valence-electron chi connectivity index (χ4n) is 2.41. The third-order valence-electron chi connectivity index (χ3n) is 3.24. The normalized spacial score (nSPS) is 16.3. The quantitative estimate of drug-likeness (QED) is 0.831. The second kappa shape index (κ2) is 6.10. The third-order valence-corrected chi connectivity index (χ3v) is 3.46. The second-order valence-corrected chi connectivity index (χ2v) is 5.39. The molecule has 2 amide bonds. The first-order chi connectivity index (χ1) is 8.63. The van der Waals surface area contributed by atoms with Gasteiger partial charge in [-0.05, 0) is 43.5 Å². The van der Waals surface area contributed by atoms with Gasteiger partial charge in [0, 0.05) is 16.8 Å². The van der Waals surface area contributed by atoms with Gasteiger partial charge in [-0.15, -0.1) is 0 Å². The monoisotopic (exact) mass is 266 g/mol. The van der Waals surface area contributed by atoms with Crippen LogP contribution in [0.25, 0.3) is 0 Å². The number of halogens is 1. The molecule has 98 valence electrons. The van der Waals surface area contributed by atoms with Gasteiger partial charge in [-0.3, -0.25) is 0 Å². The molecule has 1 aromatic carbocycles. The molecule has 0 bridgehead atoms. The average molecular weight is 267 g/mol. The van der Waals surface area contributed by atoms with Crippen LogP contribution in [-0.4, -0.2) is 12.1 Å². The molecule has 1 aromatic rings. The highest BCUT2D eigenvalue weighted by molar-refractivity contribution is 6.31. The Labute approximate surface area is 113 Å². The summed E-state index contributed by atoms with van der Waals surface area (Å²) in [5.74, 6) is 0. The van der Waals surface area contributed by atoms with E-state index in [1.807, 2.05) is 19.1 Å². The van der Waals surface area contributed by atoms with Crippen molar-refractivity contribution in [3.05, 3.63) is 28.8 Å². The van der Waals surface area contributed by atoms with Crippen molar-refractivity contribution in [2.45, 2.75) is 45.1 Å². The van der Waals surface area contributed by atoms with Crippen LogP contribution in [0.15, 0.2) is 18.2 Å². The van der Waals surface area contributed by atoms with E-state index in [1.165, 1.54) is 19.3 Å². The molecule has 2 rings (SSSR count). The minimum Gasteiger partial charge on any atom is -0.335 e. The van der Waals surface area contributed by atoms with E-state index < -0.39 is 0 Å². The highest BCUT2D eigenvalue weighted by Gasteiger charge is 2.15. The molecule has 1 saturated carbocycles. The molecule has 4 heteroatoms. The maximum absolute atomic E-state index is 11.8. The van der Waals surface area contributed by atoms with E-state index in [2.05, 4.69) is 10.6 Å².